The van der Waals surface area contributed by atoms with Crippen LogP contribution in [-0.4, -0.2) is 30.7 Å². The van der Waals surface area contributed by atoms with Crippen LogP contribution in [0.4, 0.5) is 0 Å². The van der Waals surface area contributed by atoms with Crippen molar-refractivity contribution in [1.82, 2.24) is 19.6 Å². The first-order valence-corrected chi connectivity index (χ1v) is 5.10. The average molecular weight is 241 g/mol. The molecule has 0 bridgehead atoms. The second kappa shape index (κ2) is 4.05. The maximum atomic E-state index is 10.9. The molecule has 2 aromatic rings. The predicted molar refractivity (Wildman–Crippen MR) is 56.5 cm³/mol. The van der Waals surface area contributed by atoms with Crippen LogP contribution in [0.2, 0.25) is 5.02 Å². The van der Waals surface area contributed by atoms with Gasteiger partial charge in [-0.15, -0.1) is 5.10 Å². The summed E-state index contributed by atoms with van der Waals surface area (Å²) in [6.07, 6.45) is 3.41. The number of fused-ring (bicyclic) bond motifs is 1. The summed E-state index contributed by atoms with van der Waals surface area (Å²) in [6.45, 7) is 1.77. The summed E-state index contributed by atoms with van der Waals surface area (Å²) in [6, 6.07) is 0. The highest BCUT2D eigenvalue weighted by Gasteiger charge is 2.22. The van der Waals surface area contributed by atoms with E-state index in [4.69, 9.17) is 16.7 Å². The second-order valence-corrected chi connectivity index (χ2v) is 3.72. The van der Waals surface area contributed by atoms with E-state index in [2.05, 4.69) is 15.1 Å². The van der Waals surface area contributed by atoms with Gasteiger partial charge >= 0.3 is 5.97 Å². The molecule has 1 N–H and O–H groups in total. The van der Waals surface area contributed by atoms with Gasteiger partial charge in [-0.3, -0.25) is 4.79 Å². The van der Waals surface area contributed by atoms with Crippen molar-refractivity contribution in [3.8, 4) is 0 Å². The number of carboxylic acid groups (broad SMARTS) is 1. The second-order valence-electron chi connectivity index (χ2n) is 3.29. The Kier molecular flexibility index (Phi) is 2.74. The summed E-state index contributed by atoms with van der Waals surface area (Å²) in [4.78, 5) is 18.9. The summed E-state index contributed by atoms with van der Waals surface area (Å²) >= 11 is 5.74. The van der Waals surface area contributed by atoms with E-state index in [9.17, 15) is 4.79 Å². The Balaban J connectivity index is 2.49. The van der Waals surface area contributed by atoms with Crippen LogP contribution in [-0.2, 0) is 4.79 Å². The highest BCUT2D eigenvalue weighted by molar-refractivity contribution is 6.30. The van der Waals surface area contributed by atoms with Crippen molar-refractivity contribution in [2.75, 3.05) is 0 Å². The Morgan fingerprint density at radius 3 is 3.06 bits per heavy atom. The zero-order valence-corrected chi connectivity index (χ0v) is 9.22. The molecule has 0 aliphatic rings. The van der Waals surface area contributed by atoms with E-state index in [1.54, 1.807) is 6.92 Å². The van der Waals surface area contributed by atoms with E-state index in [-0.39, 0.29) is 5.82 Å². The number of hydrogen-bond acceptors (Lipinski definition) is 4. The molecular formula is C9H9ClN4O2. The molecule has 2 aromatic heterocycles. The molecule has 6 nitrogen and oxygen atoms in total. The van der Waals surface area contributed by atoms with E-state index in [0.717, 1.165) is 0 Å². The number of aliphatic carboxylic acids is 1. The molecule has 0 amide bonds. The lowest BCUT2D eigenvalue weighted by Crippen LogP contribution is -2.12. The molecule has 7 heteroatoms. The van der Waals surface area contributed by atoms with Crippen molar-refractivity contribution in [1.29, 1.82) is 0 Å². The van der Waals surface area contributed by atoms with E-state index in [1.165, 1.54) is 16.9 Å². The number of carbonyl (C=O) groups is 1. The van der Waals surface area contributed by atoms with Gasteiger partial charge in [0, 0.05) is 0 Å². The Bertz CT molecular complexity index is 539. The summed E-state index contributed by atoms with van der Waals surface area (Å²) in [5.74, 6) is -1.05. The fourth-order valence-corrected chi connectivity index (χ4v) is 1.53. The first-order valence-electron chi connectivity index (χ1n) is 4.72. The van der Waals surface area contributed by atoms with Crippen LogP contribution in [0.5, 0.6) is 0 Å². The van der Waals surface area contributed by atoms with Gasteiger partial charge in [0.2, 0.25) is 0 Å². The first kappa shape index (κ1) is 10.8. The minimum Gasteiger partial charge on any atom is -0.481 e. The highest BCUT2D eigenvalue weighted by Crippen LogP contribution is 2.17. The zero-order chi connectivity index (χ0) is 11.7. The summed E-state index contributed by atoms with van der Waals surface area (Å²) < 4.78 is 1.38. The normalized spacial score (nSPS) is 12.9. The van der Waals surface area contributed by atoms with E-state index in [0.29, 0.717) is 17.2 Å². The number of rotatable bonds is 3. The maximum Gasteiger partial charge on any atom is 0.314 e. The smallest absolute Gasteiger partial charge is 0.314 e. The lowest BCUT2D eigenvalue weighted by atomic mass is 10.1. The Labute approximate surface area is 95.9 Å². The summed E-state index contributed by atoms with van der Waals surface area (Å²) in [5.41, 5.74) is 0. The Morgan fingerprint density at radius 1 is 1.69 bits per heavy atom. The third-order valence-corrected chi connectivity index (χ3v) is 2.39. The topological polar surface area (TPSA) is 80.4 Å². The van der Waals surface area contributed by atoms with E-state index in [1.807, 2.05) is 0 Å². The zero-order valence-electron chi connectivity index (χ0n) is 8.46. The highest BCUT2D eigenvalue weighted by atomic mass is 35.5. The SMILES string of the molecule is CCC(C(=O)O)c1nc2ncc(Cl)cn2n1. The number of hydrogen-bond donors (Lipinski definition) is 1. The van der Waals surface area contributed by atoms with Crippen LogP contribution >= 0.6 is 11.6 Å². The van der Waals surface area contributed by atoms with Crippen LogP contribution in [0.25, 0.3) is 5.78 Å². The number of nitrogens with zero attached hydrogens (tertiary/aromatic N) is 4. The summed E-state index contributed by atoms with van der Waals surface area (Å²) in [7, 11) is 0. The van der Waals surface area contributed by atoms with Crippen molar-refractivity contribution in [2.45, 2.75) is 19.3 Å². The van der Waals surface area contributed by atoms with E-state index >= 15 is 0 Å². The summed E-state index contributed by atoms with van der Waals surface area (Å²) in [5, 5.41) is 13.4. The van der Waals surface area contributed by atoms with Crippen molar-refractivity contribution < 1.29 is 9.90 Å². The molecule has 0 saturated heterocycles. The maximum absolute atomic E-state index is 10.9. The molecule has 0 fully saturated rings. The Hall–Kier alpha value is -1.69. The number of carboxylic acids is 1. The third-order valence-electron chi connectivity index (χ3n) is 2.20. The predicted octanol–water partition coefficient (Wildman–Crippen LogP) is 1.36. The third kappa shape index (κ3) is 1.83. The number of aromatic nitrogens is 4. The van der Waals surface area contributed by atoms with Gasteiger partial charge in [0.1, 0.15) is 5.92 Å². The van der Waals surface area contributed by atoms with Gasteiger partial charge in [0.15, 0.2) is 5.82 Å². The van der Waals surface area contributed by atoms with E-state index < -0.39 is 11.9 Å². The molecule has 1 atom stereocenters. The van der Waals surface area contributed by atoms with Crippen LogP contribution in [0.1, 0.15) is 25.1 Å². The molecule has 0 saturated carbocycles. The molecular weight excluding hydrogens is 232 g/mol. The van der Waals surface area contributed by atoms with Crippen LogP contribution in [0, 0.1) is 0 Å². The van der Waals surface area contributed by atoms with Crippen molar-refractivity contribution >= 4 is 23.3 Å². The molecule has 2 heterocycles. The monoisotopic (exact) mass is 240 g/mol. The minimum atomic E-state index is -0.940. The minimum absolute atomic E-state index is 0.254. The molecule has 0 spiro atoms. The van der Waals surface area contributed by atoms with Gasteiger partial charge < -0.3 is 5.11 Å². The van der Waals surface area contributed by atoms with Gasteiger partial charge in [0.05, 0.1) is 17.4 Å². The van der Waals surface area contributed by atoms with Gasteiger partial charge in [0.25, 0.3) is 5.78 Å². The molecule has 16 heavy (non-hydrogen) atoms. The molecule has 0 aliphatic carbocycles. The molecule has 0 aromatic carbocycles. The lowest BCUT2D eigenvalue weighted by molar-refractivity contribution is -0.139. The van der Waals surface area contributed by atoms with Crippen molar-refractivity contribution in [3.05, 3.63) is 23.2 Å². The molecule has 1 unspecified atom stereocenters. The fourth-order valence-electron chi connectivity index (χ4n) is 1.39. The van der Waals surface area contributed by atoms with Crippen molar-refractivity contribution in [2.24, 2.45) is 0 Å². The van der Waals surface area contributed by atoms with Crippen LogP contribution in [0.3, 0.4) is 0 Å². The Morgan fingerprint density at radius 2 is 2.44 bits per heavy atom. The average Bonchev–Trinajstić information content (AvgIpc) is 2.60. The van der Waals surface area contributed by atoms with Gasteiger partial charge in [-0.05, 0) is 6.42 Å². The molecule has 0 radical (unpaired) electrons. The van der Waals surface area contributed by atoms with Gasteiger partial charge in [-0.1, -0.05) is 18.5 Å². The molecule has 84 valence electrons. The quantitative estimate of drug-likeness (QED) is 0.876. The van der Waals surface area contributed by atoms with Crippen LogP contribution < -0.4 is 0 Å². The van der Waals surface area contributed by atoms with Crippen LogP contribution in [0.15, 0.2) is 12.4 Å². The largest absolute Gasteiger partial charge is 0.481 e. The standard InChI is InChI=1S/C9H9ClN4O2/c1-2-6(8(15)16)7-12-9-11-3-5(10)4-14(9)13-7/h3-4,6H,2H2,1H3,(H,15,16). The van der Waals surface area contributed by atoms with Gasteiger partial charge in [-0.25, -0.2) is 9.50 Å². The first-order chi connectivity index (χ1) is 7.61. The number of halogens is 1. The molecule has 0 aliphatic heterocycles. The fraction of sp³-hybridized carbons (Fsp3) is 0.333. The molecule has 2 rings (SSSR count). The van der Waals surface area contributed by atoms with Crippen molar-refractivity contribution in [3.63, 3.8) is 0 Å². The van der Waals surface area contributed by atoms with Gasteiger partial charge in [-0.2, -0.15) is 4.98 Å². The lowest BCUT2D eigenvalue weighted by Gasteiger charge is -2.02.